The van der Waals surface area contributed by atoms with Crippen LogP contribution < -0.4 is 0 Å². The largest absolute Gasteiger partial charge is 0.458 e. The van der Waals surface area contributed by atoms with Crippen LogP contribution in [0.2, 0.25) is 0 Å². The van der Waals surface area contributed by atoms with Gasteiger partial charge in [-0.25, -0.2) is 9.78 Å². The van der Waals surface area contributed by atoms with E-state index in [1.165, 1.54) is 5.56 Å². The van der Waals surface area contributed by atoms with E-state index in [1.807, 2.05) is 80.1 Å². The van der Waals surface area contributed by atoms with Crippen LogP contribution in [0.4, 0.5) is 0 Å². The lowest BCUT2D eigenvalue weighted by Crippen LogP contribution is -2.27. The number of oxime groups is 1. The van der Waals surface area contributed by atoms with Gasteiger partial charge < -0.3 is 18.9 Å². The molecule has 0 spiro atoms. The minimum Gasteiger partial charge on any atom is -0.458 e. The summed E-state index contributed by atoms with van der Waals surface area (Å²) in [7, 11) is 0. The Morgan fingerprint density at radius 2 is 1.73 bits per heavy atom. The number of nitrogens with zero attached hydrogens (tertiary/aromatic N) is 3. The molecule has 1 atom stereocenters. The molecule has 3 aromatic rings. The highest BCUT2D eigenvalue weighted by Crippen LogP contribution is 2.21. The van der Waals surface area contributed by atoms with Gasteiger partial charge in [-0.05, 0) is 32.8 Å². The fourth-order valence-corrected chi connectivity index (χ4v) is 3.29. The molecular weight excluding hydrogens is 418 g/mol. The zero-order chi connectivity index (χ0) is 23.5. The number of esters is 1. The standard InChI is InChI=1S/C26H31N3O4/c1-26(2,3)33-24(30)19-31-16-17-32-28-25(22-12-8-5-9-13-22)23(29-15-14-27-20-29)18-21-10-6-4-7-11-21/h4-15,20,23H,16-19H2,1-3H3/b28-25+. The normalized spacial score (nSPS) is 12.9. The molecule has 0 N–H and O–H groups in total. The summed E-state index contributed by atoms with van der Waals surface area (Å²) in [5.41, 5.74) is 2.39. The van der Waals surface area contributed by atoms with Crippen molar-refractivity contribution in [1.29, 1.82) is 0 Å². The van der Waals surface area contributed by atoms with Crippen molar-refractivity contribution in [2.75, 3.05) is 19.8 Å². The van der Waals surface area contributed by atoms with Crippen LogP contribution in [0.25, 0.3) is 0 Å². The van der Waals surface area contributed by atoms with E-state index in [-0.39, 0.29) is 25.9 Å². The zero-order valence-electron chi connectivity index (χ0n) is 19.4. The van der Waals surface area contributed by atoms with Gasteiger partial charge in [0.2, 0.25) is 0 Å². The first-order chi connectivity index (χ1) is 15.9. The van der Waals surface area contributed by atoms with Crippen molar-refractivity contribution in [3.05, 3.63) is 90.5 Å². The molecule has 174 valence electrons. The van der Waals surface area contributed by atoms with Gasteiger partial charge in [-0.3, -0.25) is 0 Å². The van der Waals surface area contributed by atoms with Crippen LogP contribution in [0.15, 0.2) is 84.5 Å². The molecule has 0 fully saturated rings. The first-order valence-electron chi connectivity index (χ1n) is 11.0. The topological polar surface area (TPSA) is 74.9 Å². The predicted molar refractivity (Wildman–Crippen MR) is 127 cm³/mol. The van der Waals surface area contributed by atoms with Crippen LogP contribution in [-0.2, 0) is 25.5 Å². The average molecular weight is 450 g/mol. The molecule has 0 saturated carbocycles. The molecule has 1 aromatic heterocycles. The Labute approximate surface area is 195 Å². The molecule has 0 aliphatic rings. The predicted octanol–water partition coefficient (Wildman–Crippen LogP) is 4.45. The molecule has 0 radical (unpaired) electrons. The smallest absolute Gasteiger partial charge is 0.332 e. The lowest BCUT2D eigenvalue weighted by atomic mass is 9.96. The molecule has 33 heavy (non-hydrogen) atoms. The van der Waals surface area contributed by atoms with Crippen LogP contribution in [0.1, 0.15) is 37.9 Å². The summed E-state index contributed by atoms with van der Waals surface area (Å²) in [5.74, 6) is -0.404. The van der Waals surface area contributed by atoms with E-state index in [0.717, 1.165) is 17.7 Å². The highest BCUT2D eigenvalue weighted by atomic mass is 16.6. The van der Waals surface area contributed by atoms with E-state index in [4.69, 9.17) is 14.3 Å². The molecule has 1 unspecified atom stereocenters. The summed E-state index contributed by atoms with van der Waals surface area (Å²) in [6.45, 7) is 5.77. The second kappa shape index (κ2) is 12.0. The van der Waals surface area contributed by atoms with Crippen molar-refractivity contribution in [3.8, 4) is 0 Å². The first-order valence-corrected chi connectivity index (χ1v) is 11.0. The van der Waals surface area contributed by atoms with Crippen molar-refractivity contribution in [2.45, 2.75) is 38.8 Å². The molecule has 0 amide bonds. The van der Waals surface area contributed by atoms with Gasteiger partial charge in [0.1, 0.15) is 24.5 Å². The van der Waals surface area contributed by atoms with Crippen molar-refractivity contribution < 1.29 is 19.1 Å². The molecule has 0 saturated heterocycles. The molecule has 7 heteroatoms. The Morgan fingerprint density at radius 3 is 2.36 bits per heavy atom. The average Bonchev–Trinajstić information content (AvgIpc) is 3.32. The van der Waals surface area contributed by atoms with Crippen molar-refractivity contribution >= 4 is 11.7 Å². The Kier molecular flexibility index (Phi) is 8.78. The molecule has 2 aromatic carbocycles. The van der Waals surface area contributed by atoms with Gasteiger partial charge in [-0.2, -0.15) is 0 Å². The molecule has 0 aliphatic heterocycles. The Balaban J connectivity index is 1.69. The second-order valence-electron chi connectivity index (χ2n) is 8.53. The van der Waals surface area contributed by atoms with Crippen LogP contribution in [0, 0.1) is 0 Å². The van der Waals surface area contributed by atoms with Crippen LogP contribution in [0.3, 0.4) is 0 Å². The van der Waals surface area contributed by atoms with Gasteiger partial charge in [0.15, 0.2) is 0 Å². The number of imidazole rings is 1. The molecular formula is C26H31N3O4. The third-order valence-electron chi connectivity index (χ3n) is 4.66. The molecule has 0 bridgehead atoms. The Morgan fingerprint density at radius 1 is 1.03 bits per heavy atom. The van der Waals surface area contributed by atoms with E-state index < -0.39 is 11.6 Å². The number of carbonyl (C=O) groups excluding carboxylic acids is 1. The summed E-state index contributed by atoms with van der Waals surface area (Å²) in [6, 6.07) is 20.1. The number of benzene rings is 2. The maximum atomic E-state index is 11.8. The second-order valence-corrected chi connectivity index (χ2v) is 8.53. The minimum absolute atomic E-state index is 0.111. The quantitative estimate of drug-likeness (QED) is 0.187. The fourth-order valence-electron chi connectivity index (χ4n) is 3.29. The number of hydrogen-bond acceptors (Lipinski definition) is 6. The van der Waals surface area contributed by atoms with E-state index in [9.17, 15) is 4.79 Å². The fraction of sp³-hybridized carbons (Fsp3) is 0.346. The van der Waals surface area contributed by atoms with E-state index in [1.54, 1.807) is 12.5 Å². The van der Waals surface area contributed by atoms with E-state index in [2.05, 4.69) is 22.3 Å². The monoisotopic (exact) mass is 449 g/mol. The molecule has 0 aliphatic carbocycles. The third-order valence-corrected chi connectivity index (χ3v) is 4.66. The summed E-state index contributed by atoms with van der Waals surface area (Å²) in [5, 5.41) is 4.49. The molecule has 3 rings (SSSR count). The number of carbonyl (C=O) groups is 1. The molecule has 1 heterocycles. The zero-order valence-corrected chi connectivity index (χ0v) is 19.4. The van der Waals surface area contributed by atoms with Gasteiger partial charge in [0, 0.05) is 18.0 Å². The number of ether oxygens (including phenoxy) is 2. The maximum absolute atomic E-state index is 11.8. The summed E-state index contributed by atoms with van der Waals surface area (Å²) in [4.78, 5) is 21.6. The van der Waals surface area contributed by atoms with Crippen molar-refractivity contribution in [2.24, 2.45) is 5.16 Å². The van der Waals surface area contributed by atoms with Crippen molar-refractivity contribution in [1.82, 2.24) is 9.55 Å². The third kappa shape index (κ3) is 8.20. The maximum Gasteiger partial charge on any atom is 0.332 e. The van der Waals surface area contributed by atoms with Gasteiger partial charge in [0.25, 0.3) is 0 Å². The number of hydrogen-bond donors (Lipinski definition) is 0. The highest BCUT2D eigenvalue weighted by Gasteiger charge is 2.21. The van der Waals surface area contributed by atoms with E-state index >= 15 is 0 Å². The number of rotatable bonds is 11. The van der Waals surface area contributed by atoms with Crippen LogP contribution in [0.5, 0.6) is 0 Å². The summed E-state index contributed by atoms with van der Waals surface area (Å²) < 4.78 is 12.6. The lowest BCUT2D eigenvalue weighted by Gasteiger charge is -2.21. The summed E-state index contributed by atoms with van der Waals surface area (Å²) >= 11 is 0. The van der Waals surface area contributed by atoms with Crippen LogP contribution >= 0.6 is 0 Å². The Bertz CT molecular complexity index is 997. The first kappa shape index (κ1) is 24.2. The van der Waals surface area contributed by atoms with Gasteiger partial charge >= 0.3 is 5.97 Å². The minimum atomic E-state index is -0.535. The van der Waals surface area contributed by atoms with E-state index in [0.29, 0.717) is 0 Å². The van der Waals surface area contributed by atoms with Crippen LogP contribution in [-0.4, -0.2) is 46.7 Å². The SMILES string of the molecule is CC(C)(C)OC(=O)COCCO/N=C(\c1ccccc1)C(Cc1ccccc1)n1ccnc1. The van der Waals surface area contributed by atoms with Crippen molar-refractivity contribution in [3.63, 3.8) is 0 Å². The lowest BCUT2D eigenvalue weighted by molar-refractivity contribution is -0.160. The molecule has 7 nitrogen and oxygen atoms in total. The Hall–Kier alpha value is -3.45. The summed E-state index contributed by atoms with van der Waals surface area (Å²) in [6.07, 6.45) is 6.20. The van der Waals surface area contributed by atoms with Gasteiger partial charge in [-0.15, -0.1) is 0 Å². The van der Waals surface area contributed by atoms with Gasteiger partial charge in [0.05, 0.1) is 19.0 Å². The number of aromatic nitrogens is 2. The highest BCUT2D eigenvalue weighted by molar-refractivity contribution is 6.03. The van der Waals surface area contributed by atoms with Gasteiger partial charge in [-0.1, -0.05) is 65.8 Å².